The Hall–Kier alpha value is -3.18. The fourth-order valence-corrected chi connectivity index (χ4v) is 4.36. The molecule has 0 fully saturated rings. The first-order chi connectivity index (χ1) is 26.5. The van der Waals surface area contributed by atoms with Crippen LogP contribution in [0.1, 0.15) is 129 Å². The van der Waals surface area contributed by atoms with E-state index in [9.17, 15) is 24.9 Å². The fourth-order valence-electron chi connectivity index (χ4n) is 4.36. The molecule has 2 radical (unpaired) electrons. The molecule has 1 aliphatic rings. The van der Waals surface area contributed by atoms with E-state index in [1.165, 1.54) is 18.6 Å². The third-order valence-corrected chi connectivity index (χ3v) is 6.67. The largest absolute Gasteiger partial charge is 0 e. The van der Waals surface area contributed by atoms with Crippen molar-refractivity contribution in [2.75, 3.05) is 46.4 Å². The van der Waals surface area contributed by atoms with Gasteiger partial charge in [-0.1, -0.05) is 50.0 Å². The molecule has 0 saturated carbocycles. The summed E-state index contributed by atoms with van der Waals surface area (Å²) in [6.07, 6.45) is 11.6. The van der Waals surface area contributed by atoms with Crippen LogP contribution in [0.4, 0.5) is 0 Å². The second kappa shape index (κ2) is 67.1. The number of aromatic hydroxyl groups is 3. The Morgan fingerprint density at radius 3 is 0.925 bits per heavy atom. The van der Waals surface area contributed by atoms with E-state index in [0.29, 0.717) is 73.9 Å². The van der Waals surface area contributed by atoms with E-state index in [2.05, 4.69) is 33.8 Å². The van der Waals surface area contributed by atoms with E-state index in [0.717, 1.165) is 56.2 Å². The van der Waals surface area contributed by atoms with Gasteiger partial charge < -0.3 is 64.8 Å². The Morgan fingerprint density at radius 2 is 0.746 bits per heavy atom. The average Bonchev–Trinajstić information content (AvgIpc) is 3.16. The normalized spacial score (nSPS) is 9.84. The van der Waals surface area contributed by atoms with Gasteiger partial charge in [-0.2, -0.15) is 0 Å². The predicted octanol–water partition coefficient (Wildman–Crippen LogP) is 4.50. The SMILES string of the molecule is C.C.C.C.CCC.CO.Cc1cc(C=O)c(O)c(C=O)c1.Cc1cc2c(O)c(c1)C=NCCCN=Cc1cc(C)cc(c1O)C=NCCCN=C2.NCCCN.O.O.O.O.O.O.[Cl][Co][Cl].[Co].[Co]. The van der Waals surface area contributed by atoms with Gasteiger partial charge in [0, 0.05) is 114 Å². The van der Waals surface area contributed by atoms with Gasteiger partial charge in [-0.3, -0.25) is 29.6 Å². The molecular formula is C44H86Cl2Co3N6O12. The number of benzene rings is 3. The molecule has 67 heavy (non-hydrogen) atoms. The molecule has 23 heteroatoms. The first-order valence-corrected chi connectivity index (χ1v) is 20.4. The molecule has 3 aromatic rings. The third kappa shape index (κ3) is 46.3. The summed E-state index contributed by atoms with van der Waals surface area (Å²) >= 11 is 0.382. The monoisotopic (exact) mass is 1140 g/mol. The topological polar surface area (TPSA) is 406 Å². The molecule has 20 N–H and O–H groups in total. The molecule has 1 aliphatic heterocycles. The van der Waals surface area contributed by atoms with Crippen LogP contribution in [-0.4, -0.2) is 137 Å². The number of aliphatic hydroxyl groups is 1. The Morgan fingerprint density at radius 1 is 0.537 bits per heavy atom. The molecule has 4 bridgehead atoms. The molecule has 0 aromatic heterocycles. The number of carbonyl (C=O) groups is 2. The van der Waals surface area contributed by atoms with Crippen molar-refractivity contribution in [2.24, 2.45) is 31.4 Å². The minimum Gasteiger partial charge on any atom is 0 e. The molecule has 1 heterocycles. The van der Waals surface area contributed by atoms with Gasteiger partial charge in [0.2, 0.25) is 0 Å². The second-order valence-electron chi connectivity index (χ2n) is 11.6. The van der Waals surface area contributed by atoms with E-state index in [1.807, 2.05) is 38.1 Å². The number of aliphatic hydroxyl groups excluding tert-OH is 1. The van der Waals surface area contributed by atoms with Gasteiger partial charge in [0.05, 0.1) is 11.1 Å². The van der Waals surface area contributed by atoms with Gasteiger partial charge >= 0.3 is 33.2 Å². The zero-order chi connectivity index (χ0) is 42.0. The summed E-state index contributed by atoms with van der Waals surface area (Å²) in [5.41, 5.74) is 16.0. The molecule has 0 spiro atoms. The number of aliphatic imine (C=N–C) groups is 4. The van der Waals surface area contributed by atoms with Gasteiger partial charge in [-0.25, -0.2) is 0 Å². The average molecular weight is 1140 g/mol. The third-order valence-electron chi connectivity index (χ3n) is 6.67. The molecule has 18 nitrogen and oxygen atoms in total. The summed E-state index contributed by atoms with van der Waals surface area (Å²) in [5, 5.41) is 37.3. The van der Waals surface area contributed by atoms with Gasteiger partial charge in [0.1, 0.15) is 17.2 Å². The minimum atomic E-state index is -0.245. The second-order valence-corrected chi connectivity index (χ2v) is 13.4. The molecule has 0 aliphatic carbocycles. The Kier molecular flexibility index (Phi) is 102. The number of nitrogens with zero attached hydrogens (tertiary/aromatic N) is 4. The molecule has 3 aromatic carbocycles. The van der Waals surface area contributed by atoms with Crippen molar-refractivity contribution in [3.05, 3.63) is 86.5 Å². The molecule has 0 unspecified atom stereocenters. The summed E-state index contributed by atoms with van der Waals surface area (Å²) in [6, 6.07) is 10.7. The number of fused-ring (bicyclic) bond motifs is 4. The first kappa shape index (κ1) is 101. The van der Waals surface area contributed by atoms with Crippen LogP contribution >= 0.6 is 20.3 Å². The number of carbonyl (C=O) groups excluding carboxylic acids is 2. The summed E-state index contributed by atoms with van der Waals surface area (Å²) in [5.74, 6) is 0.149. The number of aryl methyl sites for hydroxylation is 3. The number of hydrogen-bond acceptors (Lipinski definition) is 12. The van der Waals surface area contributed by atoms with Crippen molar-refractivity contribution in [1.29, 1.82) is 0 Å². The number of phenols is 3. The number of hydrogen-bond donors (Lipinski definition) is 6. The van der Waals surface area contributed by atoms with Crippen molar-refractivity contribution in [1.82, 2.24) is 0 Å². The van der Waals surface area contributed by atoms with Crippen LogP contribution in [0.25, 0.3) is 0 Å². The van der Waals surface area contributed by atoms with E-state index in [-0.39, 0.29) is 124 Å². The van der Waals surface area contributed by atoms with Crippen molar-refractivity contribution in [3.8, 4) is 17.2 Å². The molecule has 0 saturated heterocycles. The molecule has 405 valence electrons. The summed E-state index contributed by atoms with van der Waals surface area (Å²) in [7, 11) is 10.5. The van der Waals surface area contributed by atoms with Crippen LogP contribution in [0.5, 0.6) is 17.2 Å². The smallest absolute Gasteiger partial charge is 0 e. The maximum Gasteiger partial charge on any atom is 0 e. The standard InChI is InChI=1S/C24H28N4O2.C9H8O3.C3H10N2.C3H8.CH4O.4CH4.2ClH.3Co.6H2O/c1-17-9-19-13-25-5-3-7-27-15-21-11-18(2)12-22(24(21)30)16-28-8-4-6-26-14-20(10-17)23(19)29;1-6-2-7(4-10)9(12)8(3-6)5-11;4-2-1-3-5;1-3-2;1-2;;;;;;;;;;;;;;;/h9-16,29-30H,3-8H2,1-2H3;2-5,12H,1H3;1-5H2;3H2,1-2H3;2H,1H3;4*1H4;2*1H;;;;6*1H2/q;;;;;;;;;;;;;+2;;;;;;/p-2. The summed E-state index contributed by atoms with van der Waals surface area (Å²) in [4.78, 5) is 38.4. The number of rotatable bonds is 4. The van der Waals surface area contributed by atoms with Gasteiger partial charge in [0.15, 0.2) is 12.6 Å². The van der Waals surface area contributed by atoms with Gasteiger partial charge in [0.25, 0.3) is 0 Å². The van der Waals surface area contributed by atoms with Crippen LogP contribution in [0.2, 0.25) is 0 Å². The number of halogens is 2. The van der Waals surface area contributed by atoms with Crippen LogP contribution < -0.4 is 11.5 Å². The molecular weight excluding hydrogens is 1050 g/mol. The van der Waals surface area contributed by atoms with E-state index in [4.69, 9.17) is 36.9 Å². The Balaban J connectivity index is -0.0000000541. The minimum absolute atomic E-state index is 0. The summed E-state index contributed by atoms with van der Waals surface area (Å²) < 4.78 is 0. The van der Waals surface area contributed by atoms with Gasteiger partial charge in [-0.05, 0) is 106 Å². The maximum absolute atomic E-state index is 10.5. The van der Waals surface area contributed by atoms with Crippen LogP contribution in [-0.2, 0) is 46.5 Å². The van der Waals surface area contributed by atoms with Crippen molar-refractivity contribution < 1.29 is 109 Å². The quantitative estimate of drug-likeness (QED) is 0.202. The number of aldehydes is 2. The zero-order valence-electron chi connectivity index (χ0n) is 36.3. The number of phenolic OH excluding ortho intramolecular Hbond substituents is 3. The molecule has 0 amide bonds. The van der Waals surface area contributed by atoms with Gasteiger partial charge in [-0.15, -0.1) is 0 Å². The van der Waals surface area contributed by atoms with E-state index < -0.39 is 0 Å². The van der Waals surface area contributed by atoms with Crippen molar-refractivity contribution in [2.45, 2.75) is 90.0 Å². The maximum atomic E-state index is 10.5. The Bertz CT molecular complexity index is 1500. The predicted molar refractivity (Wildman–Crippen MR) is 276 cm³/mol. The van der Waals surface area contributed by atoms with Crippen LogP contribution in [0, 0.1) is 20.8 Å². The molecule has 0 atom stereocenters. The van der Waals surface area contributed by atoms with E-state index in [1.54, 1.807) is 31.8 Å². The van der Waals surface area contributed by atoms with E-state index >= 15 is 0 Å². The van der Waals surface area contributed by atoms with Crippen molar-refractivity contribution in [3.63, 3.8) is 0 Å². The summed E-state index contributed by atoms with van der Waals surface area (Å²) in [6.45, 7) is 13.8. The number of nitrogens with two attached hydrogens (primary N) is 2. The van der Waals surface area contributed by atoms with Crippen molar-refractivity contribution >= 4 is 57.7 Å². The zero-order valence-corrected chi connectivity index (χ0v) is 40.9. The van der Waals surface area contributed by atoms with Crippen LogP contribution in [0.15, 0.2) is 56.4 Å². The van der Waals surface area contributed by atoms with Crippen LogP contribution in [0.3, 0.4) is 0 Å². The Labute approximate surface area is 436 Å². The first-order valence-electron chi connectivity index (χ1n) is 17.6. The molecule has 4 rings (SSSR count). The fraction of sp³-hybridized carbons (Fsp3) is 0.455.